The van der Waals surface area contributed by atoms with Crippen LogP contribution in [0.3, 0.4) is 0 Å². The molecule has 1 aliphatic heterocycles. The molecule has 1 atom stereocenters. The lowest BCUT2D eigenvalue weighted by Gasteiger charge is -2.32. The van der Waals surface area contributed by atoms with Crippen molar-refractivity contribution in [2.75, 3.05) is 4.90 Å². The molecule has 0 saturated carbocycles. The minimum absolute atomic E-state index is 0.0946. The van der Waals surface area contributed by atoms with E-state index in [1.165, 1.54) is 5.56 Å². The summed E-state index contributed by atoms with van der Waals surface area (Å²) in [5.41, 5.74) is 12.4. The van der Waals surface area contributed by atoms with Crippen LogP contribution in [0, 0.1) is 6.92 Å². The molecule has 1 unspecified atom stereocenters. The average molecular weight is 673 g/mol. The SMILES string of the molecule is Cc1cc2nc(-c3ccc(N4c5ccccc5Oc5ccccc54)cc3)n(-c3ccccc3)c2cc1N=C(c1ccccc1)C(C)c1ccccc1. The van der Waals surface area contributed by atoms with E-state index in [-0.39, 0.29) is 5.92 Å². The maximum absolute atomic E-state index is 6.26. The van der Waals surface area contributed by atoms with Crippen LogP contribution in [0.5, 0.6) is 11.5 Å². The van der Waals surface area contributed by atoms with Gasteiger partial charge in [-0.2, -0.15) is 0 Å². The lowest BCUT2D eigenvalue weighted by atomic mass is 9.91. The molecule has 0 amide bonds. The highest BCUT2D eigenvalue weighted by molar-refractivity contribution is 6.06. The van der Waals surface area contributed by atoms with Crippen molar-refractivity contribution in [3.63, 3.8) is 0 Å². The second-order valence-corrected chi connectivity index (χ2v) is 13.1. The maximum atomic E-state index is 6.26. The predicted octanol–water partition coefficient (Wildman–Crippen LogP) is 12.5. The number of fused-ring (bicyclic) bond motifs is 3. The van der Waals surface area contributed by atoms with Crippen molar-refractivity contribution in [1.82, 2.24) is 9.55 Å². The van der Waals surface area contributed by atoms with E-state index in [1.807, 2.05) is 42.5 Å². The molecule has 8 aromatic rings. The van der Waals surface area contributed by atoms with E-state index in [0.29, 0.717) is 0 Å². The molecule has 0 saturated heterocycles. The van der Waals surface area contributed by atoms with Gasteiger partial charge >= 0.3 is 0 Å². The van der Waals surface area contributed by atoms with Gasteiger partial charge in [-0.05, 0) is 96.4 Å². The summed E-state index contributed by atoms with van der Waals surface area (Å²) in [6.45, 7) is 4.36. The summed E-state index contributed by atoms with van der Waals surface area (Å²) in [7, 11) is 0. The van der Waals surface area contributed by atoms with Gasteiger partial charge in [0.15, 0.2) is 11.5 Å². The Balaban J connectivity index is 1.18. The molecule has 1 aliphatic rings. The van der Waals surface area contributed by atoms with E-state index in [9.17, 15) is 0 Å². The highest BCUT2D eigenvalue weighted by atomic mass is 16.5. The normalized spacial score (nSPS) is 13.0. The number of hydrogen-bond acceptors (Lipinski definition) is 4. The third-order valence-corrected chi connectivity index (χ3v) is 9.82. The van der Waals surface area contributed by atoms with Crippen LogP contribution in [0.2, 0.25) is 0 Å². The topological polar surface area (TPSA) is 42.7 Å². The van der Waals surface area contributed by atoms with Crippen molar-refractivity contribution >= 4 is 39.5 Å². The molecule has 7 aromatic carbocycles. The van der Waals surface area contributed by atoms with Crippen LogP contribution in [-0.2, 0) is 0 Å². The van der Waals surface area contributed by atoms with Gasteiger partial charge in [0.05, 0.1) is 33.8 Å². The monoisotopic (exact) mass is 672 g/mol. The number of imidazole rings is 1. The fourth-order valence-electron chi connectivity index (χ4n) is 7.16. The fourth-order valence-corrected chi connectivity index (χ4v) is 7.16. The van der Waals surface area contributed by atoms with Crippen molar-refractivity contribution < 1.29 is 4.74 Å². The number of aliphatic imine (C=N–C) groups is 1. The molecule has 52 heavy (non-hydrogen) atoms. The third-order valence-electron chi connectivity index (χ3n) is 9.82. The van der Waals surface area contributed by atoms with E-state index in [4.69, 9.17) is 14.7 Å². The van der Waals surface area contributed by atoms with Gasteiger partial charge in [-0.15, -0.1) is 0 Å². The molecule has 9 rings (SSSR count). The first kappa shape index (κ1) is 31.3. The molecule has 0 spiro atoms. The van der Waals surface area contributed by atoms with Crippen molar-refractivity contribution in [1.29, 1.82) is 0 Å². The molecular weight excluding hydrogens is 637 g/mol. The fraction of sp³-hybridized carbons (Fsp3) is 0.0638. The molecule has 0 fully saturated rings. The highest BCUT2D eigenvalue weighted by Crippen LogP contribution is 2.50. The van der Waals surface area contributed by atoms with Gasteiger partial charge in [-0.1, -0.05) is 110 Å². The summed E-state index contributed by atoms with van der Waals surface area (Å²) < 4.78 is 8.52. The number of aryl methyl sites for hydroxylation is 1. The zero-order chi connectivity index (χ0) is 35.0. The molecule has 0 radical (unpaired) electrons. The van der Waals surface area contributed by atoms with Gasteiger partial charge in [-0.25, -0.2) is 4.98 Å². The first-order valence-corrected chi connectivity index (χ1v) is 17.7. The largest absolute Gasteiger partial charge is 0.453 e. The summed E-state index contributed by atoms with van der Waals surface area (Å²) in [6, 6.07) is 60.9. The number of rotatable bonds is 7. The molecule has 0 N–H and O–H groups in total. The number of para-hydroxylation sites is 5. The summed E-state index contributed by atoms with van der Waals surface area (Å²) in [5, 5.41) is 0. The van der Waals surface area contributed by atoms with Gasteiger partial charge < -0.3 is 9.64 Å². The van der Waals surface area contributed by atoms with Crippen LogP contribution in [0.4, 0.5) is 22.7 Å². The van der Waals surface area contributed by atoms with Gasteiger partial charge in [-0.3, -0.25) is 9.56 Å². The Bertz CT molecular complexity index is 2510. The lowest BCUT2D eigenvalue weighted by molar-refractivity contribution is 0.477. The first-order chi connectivity index (χ1) is 25.6. The van der Waals surface area contributed by atoms with Gasteiger partial charge in [0.2, 0.25) is 0 Å². The Hall–Kier alpha value is -6.72. The molecule has 0 aliphatic carbocycles. The van der Waals surface area contributed by atoms with Crippen LogP contribution in [-0.4, -0.2) is 15.3 Å². The highest BCUT2D eigenvalue weighted by Gasteiger charge is 2.26. The van der Waals surface area contributed by atoms with Gasteiger partial charge in [0, 0.05) is 22.9 Å². The number of nitrogens with zero attached hydrogens (tertiary/aromatic N) is 4. The quantitative estimate of drug-likeness (QED) is 0.158. The summed E-state index contributed by atoms with van der Waals surface area (Å²) in [6.07, 6.45) is 0. The van der Waals surface area contributed by atoms with E-state index in [0.717, 1.165) is 79.2 Å². The maximum Gasteiger partial charge on any atom is 0.151 e. The van der Waals surface area contributed by atoms with Crippen molar-refractivity contribution in [2.45, 2.75) is 19.8 Å². The minimum atomic E-state index is 0.0946. The Labute approximate surface area is 303 Å². The molecule has 2 heterocycles. The van der Waals surface area contributed by atoms with E-state index in [2.05, 4.69) is 157 Å². The van der Waals surface area contributed by atoms with Crippen molar-refractivity contribution in [3.05, 3.63) is 193 Å². The number of anilines is 3. The van der Waals surface area contributed by atoms with Crippen LogP contribution < -0.4 is 9.64 Å². The summed E-state index contributed by atoms with van der Waals surface area (Å²) in [4.78, 5) is 13.0. The average Bonchev–Trinajstić information content (AvgIpc) is 3.57. The summed E-state index contributed by atoms with van der Waals surface area (Å²) >= 11 is 0. The standard InChI is InChI=1S/C47H36N4O/c1-32-30-40-43(31-39(32)48-46(35-18-8-4-9-19-35)33(2)34-16-6-3-7-17-34)51(37-20-10-5-11-21-37)47(49-40)36-26-28-38(29-27-36)50-41-22-12-14-24-44(41)52-45-25-15-13-23-42(45)50/h3-31,33H,1-2H3. The van der Waals surface area contributed by atoms with E-state index in [1.54, 1.807) is 0 Å². The molecule has 5 heteroatoms. The molecule has 250 valence electrons. The Morgan fingerprint density at radius 3 is 1.85 bits per heavy atom. The second kappa shape index (κ2) is 13.2. The number of hydrogen-bond donors (Lipinski definition) is 0. The number of benzene rings is 7. The van der Waals surface area contributed by atoms with Crippen molar-refractivity contribution in [2.24, 2.45) is 4.99 Å². The molecule has 1 aromatic heterocycles. The van der Waals surface area contributed by atoms with Crippen LogP contribution in [0.25, 0.3) is 28.1 Å². The van der Waals surface area contributed by atoms with Crippen LogP contribution >= 0.6 is 0 Å². The van der Waals surface area contributed by atoms with E-state index >= 15 is 0 Å². The molecule has 0 bridgehead atoms. The number of aromatic nitrogens is 2. The Kier molecular flexibility index (Phi) is 7.94. The summed E-state index contributed by atoms with van der Waals surface area (Å²) in [5.74, 6) is 2.63. The molecular formula is C47H36N4O. The third kappa shape index (κ3) is 5.62. The van der Waals surface area contributed by atoms with Crippen molar-refractivity contribution in [3.8, 4) is 28.6 Å². The Morgan fingerprint density at radius 1 is 0.615 bits per heavy atom. The number of ether oxygens (including phenoxy) is 1. The Morgan fingerprint density at radius 2 is 1.19 bits per heavy atom. The van der Waals surface area contributed by atoms with Gasteiger partial charge in [0.1, 0.15) is 5.82 Å². The first-order valence-electron chi connectivity index (χ1n) is 17.7. The zero-order valence-corrected chi connectivity index (χ0v) is 29.0. The predicted molar refractivity (Wildman–Crippen MR) is 213 cm³/mol. The zero-order valence-electron chi connectivity index (χ0n) is 29.0. The van der Waals surface area contributed by atoms with Crippen LogP contribution in [0.15, 0.2) is 181 Å². The lowest BCUT2D eigenvalue weighted by Crippen LogP contribution is -2.15. The molecule has 5 nitrogen and oxygen atoms in total. The minimum Gasteiger partial charge on any atom is -0.453 e. The smallest absolute Gasteiger partial charge is 0.151 e. The van der Waals surface area contributed by atoms with E-state index < -0.39 is 0 Å². The second-order valence-electron chi connectivity index (χ2n) is 13.1. The van der Waals surface area contributed by atoms with Crippen LogP contribution in [0.1, 0.15) is 29.5 Å². The van der Waals surface area contributed by atoms with Gasteiger partial charge in [0.25, 0.3) is 0 Å².